The van der Waals surface area contributed by atoms with E-state index < -0.39 is 40.6 Å². The Morgan fingerprint density at radius 3 is 2.07 bits per heavy atom. The van der Waals surface area contributed by atoms with Crippen LogP contribution in [0.3, 0.4) is 0 Å². The van der Waals surface area contributed by atoms with Gasteiger partial charge in [0.25, 0.3) is 5.91 Å². The Hall–Kier alpha value is -3.33. The van der Waals surface area contributed by atoms with Crippen LogP contribution < -0.4 is 5.32 Å². The van der Waals surface area contributed by atoms with Crippen LogP contribution >= 0.6 is 11.3 Å². The number of nitrogens with one attached hydrogen (secondary N) is 1. The molecule has 4 rings (SSSR count). The number of thiazole rings is 1. The van der Waals surface area contributed by atoms with Gasteiger partial charge in [0.05, 0.1) is 15.9 Å². The Bertz CT molecular complexity index is 1210. The summed E-state index contributed by atoms with van der Waals surface area (Å²) in [6.07, 6.45) is 0. The van der Waals surface area contributed by atoms with Crippen LogP contribution in [0, 0.1) is 29.1 Å². The second-order valence-electron chi connectivity index (χ2n) is 5.93. The lowest BCUT2D eigenvalue weighted by Crippen LogP contribution is -2.19. The Labute approximate surface area is 164 Å². The zero-order valence-corrected chi connectivity index (χ0v) is 15.1. The lowest BCUT2D eigenvalue weighted by atomic mass is 10.1. The summed E-state index contributed by atoms with van der Waals surface area (Å²) in [5, 5.41) is 2.73. The van der Waals surface area contributed by atoms with E-state index in [0.717, 1.165) is 4.70 Å². The van der Waals surface area contributed by atoms with Crippen molar-refractivity contribution in [2.24, 2.45) is 0 Å². The third kappa shape index (κ3) is 3.23. The number of rotatable bonds is 3. The predicted molar refractivity (Wildman–Crippen MR) is 99.2 cm³/mol. The molecule has 3 aromatic carbocycles. The Balaban J connectivity index is 1.76. The summed E-state index contributed by atoms with van der Waals surface area (Å²) < 4.78 is 68.8. The molecule has 0 spiro atoms. The highest BCUT2D eigenvalue weighted by Crippen LogP contribution is 2.35. The van der Waals surface area contributed by atoms with E-state index in [-0.39, 0.29) is 5.69 Å². The summed E-state index contributed by atoms with van der Waals surface area (Å²) in [6.45, 7) is 0. The van der Waals surface area contributed by atoms with Gasteiger partial charge >= 0.3 is 0 Å². The van der Waals surface area contributed by atoms with Crippen molar-refractivity contribution >= 4 is 33.1 Å². The first kappa shape index (κ1) is 19.0. The van der Waals surface area contributed by atoms with Crippen LogP contribution in [-0.2, 0) is 0 Å². The van der Waals surface area contributed by atoms with Gasteiger partial charge in [-0.1, -0.05) is 24.3 Å². The minimum Gasteiger partial charge on any atom is -0.321 e. The highest BCUT2D eigenvalue weighted by atomic mass is 32.1. The first-order valence-corrected chi connectivity index (χ1v) is 8.98. The van der Waals surface area contributed by atoms with Gasteiger partial charge in [-0.05, 0) is 24.3 Å². The number of fused-ring (bicyclic) bond motifs is 1. The summed E-state index contributed by atoms with van der Waals surface area (Å²) in [6, 6.07) is 13.6. The summed E-state index contributed by atoms with van der Waals surface area (Å²) >= 11 is 1.32. The minimum atomic E-state index is -2.33. The molecule has 1 N–H and O–H groups in total. The zero-order chi connectivity index (χ0) is 20.7. The van der Waals surface area contributed by atoms with Crippen LogP contribution in [0.1, 0.15) is 10.4 Å². The van der Waals surface area contributed by atoms with Gasteiger partial charge in [0.1, 0.15) is 10.6 Å². The molecule has 0 saturated heterocycles. The molecule has 9 heteroatoms. The van der Waals surface area contributed by atoms with Gasteiger partial charge in [-0.3, -0.25) is 4.79 Å². The maximum atomic E-state index is 13.9. The number of hydrogen-bond acceptors (Lipinski definition) is 3. The highest BCUT2D eigenvalue weighted by Gasteiger charge is 2.30. The van der Waals surface area contributed by atoms with Crippen LogP contribution in [-0.4, -0.2) is 10.9 Å². The SMILES string of the molecule is O=C(Nc1ccccc1-c1nc2ccccc2s1)c1c(F)c(F)c(F)c(F)c1F. The van der Waals surface area contributed by atoms with E-state index in [9.17, 15) is 26.7 Å². The highest BCUT2D eigenvalue weighted by molar-refractivity contribution is 7.21. The molecule has 0 aliphatic heterocycles. The number of nitrogens with zero attached hydrogens (tertiary/aromatic N) is 1. The largest absolute Gasteiger partial charge is 0.321 e. The third-order valence-corrected chi connectivity index (χ3v) is 5.21. The molecule has 1 amide bonds. The van der Waals surface area contributed by atoms with E-state index in [1.807, 2.05) is 18.2 Å². The van der Waals surface area contributed by atoms with Gasteiger partial charge in [-0.2, -0.15) is 0 Å². The number of carbonyl (C=O) groups is 1. The van der Waals surface area contributed by atoms with E-state index in [0.29, 0.717) is 16.1 Å². The monoisotopic (exact) mass is 420 g/mol. The molecule has 0 saturated carbocycles. The van der Waals surface area contributed by atoms with Crippen molar-refractivity contribution in [3.8, 4) is 10.6 Å². The quantitative estimate of drug-likeness (QED) is 0.254. The molecule has 4 aromatic rings. The van der Waals surface area contributed by atoms with Crippen LogP contribution in [0.15, 0.2) is 48.5 Å². The summed E-state index contributed by atoms with van der Waals surface area (Å²) in [5.41, 5.74) is -0.291. The van der Waals surface area contributed by atoms with Gasteiger partial charge in [0.15, 0.2) is 23.3 Å². The first-order chi connectivity index (χ1) is 13.9. The fourth-order valence-corrected chi connectivity index (χ4v) is 3.76. The molecule has 0 aliphatic rings. The molecule has 0 radical (unpaired) electrons. The standard InChI is InChI=1S/C20H9F5N2OS/c21-14-13(15(22)17(24)18(25)16(14)23)19(28)26-10-6-2-1-5-9(10)20-27-11-7-3-4-8-12(11)29-20/h1-8H,(H,26,28). The average molecular weight is 420 g/mol. The van der Waals surface area contributed by atoms with Crippen molar-refractivity contribution in [3.05, 3.63) is 83.2 Å². The maximum Gasteiger partial charge on any atom is 0.261 e. The number of benzene rings is 3. The Kier molecular flexibility index (Phi) is 4.75. The Morgan fingerprint density at radius 2 is 1.38 bits per heavy atom. The second-order valence-corrected chi connectivity index (χ2v) is 6.96. The predicted octanol–water partition coefficient (Wildman–Crippen LogP) is 5.91. The van der Waals surface area contributed by atoms with Crippen molar-refractivity contribution in [3.63, 3.8) is 0 Å². The number of para-hydroxylation sites is 2. The lowest BCUT2D eigenvalue weighted by Gasteiger charge is -2.11. The Morgan fingerprint density at radius 1 is 0.793 bits per heavy atom. The molecule has 0 unspecified atom stereocenters. The zero-order valence-electron chi connectivity index (χ0n) is 14.3. The van der Waals surface area contributed by atoms with E-state index >= 15 is 0 Å². The fourth-order valence-electron chi connectivity index (χ4n) is 2.76. The first-order valence-electron chi connectivity index (χ1n) is 8.16. The lowest BCUT2D eigenvalue weighted by molar-refractivity contribution is 0.101. The number of carbonyl (C=O) groups excluding carboxylic acids is 1. The smallest absolute Gasteiger partial charge is 0.261 e. The molecule has 29 heavy (non-hydrogen) atoms. The van der Waals surface area contributed by atoms with E-state index in [1.54, 1.807) is 24.3 Å². The van der Waals surface area contributed by atoms with E-state index in [1.165, 1.54) is 17.4 Å². The van der Waals surface area contributed by atoms with Gasteiger partial charge in [0, 0.05) is 5.56 Å². The molecule has 146 valence electrons. The average Bonchev–Trinajstić information content (AvgIpc) is 3.15. The van der Waals surface area contributed by atoms with Crippen molar-refractivity contribution in [2.75, 3.05) is 5.32 Å². The molecular weight excluding hydrogens is 411 g/mol. The number of anilines is 1. The van der Waals surface area contributed by atoms with E-state index in [4.69, 9.17) is 0 Å². The number of aromatic nitrogens is 1. The van der Waals surface area contributed by atoms with Gasteiger partial charge in [-0.25, -0.2) is 26.9 Å². The molecule has 0 fully saturated rings. The number of amides is 1. The third-order valence-electron chi connectivity index (χ3n) is 4.14. The molecule has 1 heterocycles. The normalized spacial score (nSPS) is 11.1. The fraction of sp³-hybridized carbons (Fsp3) is 0. The molecule has 1 aromatic heterocycles. The van der Waals surface area contributed by atoms with Crippen LogP contribution in [0.5, 0.6) is 0 Å². The molecule has 0 atom stereocenters. The van der Waals surface area contributed by atoms with Gasteiger partial charge in [-0.15, -0.1) is 11.3 Å². The van der Waals surface area contributed by atoms with Gasteiger partial charge in [0.2, 0.25) is 5.82 Å². The van der Waals surface area contributed by atoms with Crippen LogP contribution in [0.25, 0.3) is 20.8 Å². The summed E-state index contributed by atoms with van der Waals surface area (Å²) in [4.78, 5) is 16.8. The number of halogens is 5. The van der Waals surface area contributed by atoms with E-state index in [2.05, 4.69) is 10.3 Å². The molecule has 3 nitrogen and oxygen atoms in total. The molecule has 0 bridgehead atoms. The topological polar surface area (TPSA) is 42.0 Å². The maximum absolute atomic E-state index is 13.9. The molecule has 0 aliphatic carbocycles. The van der Waals surface area contributed by atoms with Gasteiger partial charge < -0.3 is 5.32 Å². The van der Waals surface area contributed by atoms with Crippen LogP contribution in [0.2, 0.25) is 0 Å². The van der Waals surface area contributed by atoms with Crippen molar-refractivity contribution in [1.82, 2.24) is 4.98 Å². The minimum absolute atomic E-state index is 0.112. The van der Waals surface area contributed by atoms with Crippen LogP contribution in [0.4, 0.5) is 27.6 Å². The molecular formula is C20H9F5N2OS. The van der Waals surface area contributed by atoms with Crippen molar-refractivity contribution in [1.29, 1.82) is 0 Å². The van der Waals surface area contributed by atoms with Crippen molar-refractivity contribution in [2.45, 2.75) is 0 Å². The summed E-state index contributed by atoms with van der Waals surface area (Å²) in [7, 11) is 0. The summed E-state index contributed by atoms with van der Waals surface area (Å²) in [5.74, 6) is -12.6. The number of hydrogen-bond donors (Lipinski definition) is 1. The van der Waals surface area contributed by atoms with Crippen molar-refractivity contribution < 1.29 is 26.7 Å². The second kappa shape index (κ2) is 7.25.